The van der Waals surface area contributed by atoms with Crippen LogP contribution in [0.4, 0.5) is 45.5 Å². The van der Waals surface area contributed by atoms with Gasteiger partial charge in [-0.05, 0) is 159 Å². The highest BCUT2D eigenvalue weighted by Crippen LogP contribution is 2.63. The standard InChI is InChI=1S/C68H76BN3S/c1-41-35-45(65(9,10)11)36-42(2)60(41)71-54-39-49(70(47-27-23-43(24-28-47)63(3,4)5)48-29-25-44(26-30-48)64(6,7)8)40-55-59(54)69(52-31-32-57-58(62(52)71)50-21-17-18-22-56(50)73-57)53-38-46(66(12,13)14)37-51-61(53)72(55)68(16)34-20-19-33-67(51,68)15/h17-18,21-32,35-40H,19-20,33-34H2,1-16H3. The van der Waals surface area contributed by atoms with Gasteiger partial charge in [0.25, 0.3) is 6.71 Å². The topological polar surface area (TPSA) is 9.72 Å². The SMILES string of the molecule is Cc1cc(C(C)(C)C)cc(C)c1N1c2cc(N(c3ccc(C(C)(C)C)cc3)c3ccc(C(C)(C)C)cc3)cc3c2B(c2cc(C(C)(C)C)cc4c2N3C2(C)CCCCC42C)c2ccc3sc4ccccc4c3c21. The van der Waals surface area contributed by atoms with Gasteiger partial charge < -0.3 is 14.7 Å². The second-order valence-corrected chi connectivity index (χ2v) is 28.2. The number of rotatable bonds is 4. The average Bonchev–Trinajstić information content (AvgIpc) is 3.80. The number of hydrogen-bond donors (Lipinski definition) is 0. The number of fused-ring (bicyclic) bond motifs is 11. The van der Waals surface area contributed by atoms with Gasteiger partial charge in [-0.1, -0.05) is 176 Å². The van der Waals surface area contributed by atoms with Crippen LogP contribution in [0.15, 0.2) is 121 Å². The lowest BCUT2D eigenvalue weighted by molar-refractivity contribution is 0.195. The molecule has 12 rings (SSSR count). The van der Waals surface area contributed by atoms with Gasteiger partial charge in [0.2, 0.25) is 0 Å². The van der Waals surface area contributed by atoms with Crippen LogP contribution in [0.2, 0.25) is 0 Å². The third kappa shape index (κ3) is 7.09. The lowest BCUT2D eigenvalue weighted by Gasteiger charge is -2.53. The Morgan fingerprint density at radius 3 is 1.64 bits per heavy atom. The first kappa shape index (κ1) is 48.2. The Balaban J connectivity index is 1.26. The van der Waals surface area contributed by atoms with Crippen LogP contribution in [0.1, 0.15) is 162 Å². The van der Waals surface area contributed by atoms with Gasteiger partial charge in [0, 0.05) is 54.0 Å². The fourth-order valence-electron chi connectivity index (χ4n) is 13.8. The molecule has 2 unspecified atom stereocenters. The van der Waals surface area contributed by atoms with Crippen molar-refractivity contribution in [1.82, 2.24) is 0 Å². The molecule has 0 saturated heterocycles. The van der Waals surface area contributed by atoms with Crippen molar-refractivity contribution >= 4 is 100 Å². The van der Waals surface area contributed by atoms with Gasteiger partial charge in [0.15, 0.2) is 0 Å². The van der Waals surface area contributed by atoms with E-state index in [1.807, 2.05) is 11.3 Å². The van der Waals surface area contributed by atoms with Gasteiger partial charge in [-0.15, -0.1) is 11.3 Å². The second kappa shape index (κ2) is 15.9. The Labute approximate surface area is 441 Å². The van der Waals surface area contributed by atoms with Crippen LogP contribution in [0.5, 0.6) is 0 Å². The molecule has 1 aromatic heterocycles. The summed E-state index contributed by atoms with van der Waals surface area (Å²) in [4.78, 5) is 8.27. The van der Waals surface area contributed by atoms with E-state index in [-0.39, 0.29) is 39.3 Å². The molecule has 0 spiro atoms. The molecule has 2 atom stereocenters. The summed E-state index contributed by atoms with van der Waals surface area (Å²) in [5.41, 5.74) is 24.1. The molecule has 372 valence electrons. The summed E-state index contributed by atoms with van der Waals surface area (Å²) in [6.07, 6.45) is 4.81. The molecule has 73 heavy (non-hydrogen) atoms. The molecule has 5 heteroatoms. The summed E-state index contributed by atoms with van der Waals surface area (Å²) in [6, 6.07) is 48.6. The van der Waals surface area contributed by atoms with Crippen LogP contribution < -0.4 is 31.1 Å². The Morgan fingerprint density at radius 2 is 1.05 bits per heavy atom. The van der Waals surface area contributed by atoms with Crippen molar-refractivity contribution in [3.63, 3.8) is 0 Å². The van der Waals surface area contributed by atoms with Crippen molar-refractivity contribution < 1.29 is 0 Å². The van der Waals surface area contributed by atoms with Crippen molar-refractivity contribution in [2.45, 2.75) is 169 Å². The van der Waals surface area contributed by atoms with E-state index in [0.29, 0.717) is 0 Å². The first-order valence-corrected chi connectivity index (χ1v) is 28.2. The van der Waals surface area contributed by atoms with Crippen LogP contribution in [0.3, 0.4) is 0 Å². The predicted molar refractivity (Wildman–Crippen MR) is 320 cm³/mol. The maximum absolute atomic E-state index is 2.93. The molecule has 8 aromatic rings. The van der Waals surface area contributed by atoms with Gasteiger partial charge in [-0.25, -0.2) is 0 Å². The highest BCUT2D eigenvalue weighted by Gasteiger charge is 2.62. The van der Waals surface area contributed by atoms with E-state index in [0.717, 1.165) is 17.8 Å². The third-order valence-electron chi connectivity index (χ3n) is 18.2. The smallest absolute Gasteiger partial charge is 0.252 e. The van der Waals surface area contributed by atoms with E-state index >= 15 is 0 Å². The zero-order valence-corrected chi connectivity index (χ0v) is 47.5. The van der Waals surface area contributed by atoms with E-state index in [1.165, 1.54) is 123 Å². The number of nitrogens with zero attached hydrogens (tertiary/aromatic N) is 3. The van der Waals surface area contributed by atoms with Crippen molar-refractivity contribution in [2.75, 3.05) is 14.7 Å². The molecular formula is C68H76BN3S. The van der Waals surface area contributed by atoms with Crippen molar-refractivity contribution in [3.8, 4) is 0 Å². The molecule has 3 nitrogen and oxygen atoms in total. The molecule has 4 aliphatic rings. The maximum Gasteiger partial charge on any atom is 0.252 e. The molecule has 7 aromatic carbocycles. The molecule has 0 amide bonds. The quantitative estimate of drug-likeness (QED) is 0.163. The highest BCUT2D eigenvalue weighted by atomic mass is 32.1. The Kier molecular flexibility index (Phi) is 10.5. The number of aryl methyl sites for hydroxylation is 2. The highest BCUT2D eigenvalue weighted by molar-refractivity contribution is 7.26. The third-order valence-corrected chi connectivity index (χ3v) is 19.3. The monoisotopic (exact) mass is 978 g/mol. The van der Waals surface area contributed by atoms with Crippen LogP contribution in [0.25, 0.3) is 20.2 Å². The number of thiophene rings is 1. The van der Waals surface area contributed by atoms with Gasteiger partial charge in [-0.2, -0.15) is 0 Å². The molecular weight excluding hydrogens is 902 g/mol. The minimum absolute atomic E-state index is 0.00443. The van der Waals surface area contributed by atoms with E-state index in [4.69, 9.17) is 0 Å². The first-order chi connectivity index (χ1) is 34.3. The van der Waals surface area contributed by atoms with Gasteiger partial charge in [0.1, 0.15) is 0 Å². The fourth-order valence-corrected chi connectivity index (χ4v) is 14.9. The predicted octanol–water partition coefficient (Wildman–Crippen LogP) is 17.7. The van der Waals surface area contributed by atoms with Gasteiger partial charge >= 0.3 is 0 Å². The average molecular weight is 978 g/mol. The van der Waals surface area contributed by atoms with E-state index in [1.54, 1.807) is 5.56 Å². The molecule has 3 aliphatic heterocycles. The zero-order valence-electron chi connectivity index (χ0n) is 46.7. The first-order valence-electron chi connectivity index (χ1n) is 27.3. The number of benzene rings is 7. The molecule has 4 heterocycles. The van der Waals surface area contributed by atoms with E-state index < -0.39 is 0 Å². The Morgan fingerprint density at radius 1 is 0.507 bits per heavy atom. The zero-order chi connectivity index (χ0) is 51.7. The van der Waals surface area contributed by atoms with Gasteiger partial charge in [-0.3, -0.25) is 0 Å². The minimum Gasteiger partial charge on any atom is -0.335 e. The summed E-state index contributed by atoms with van der Waals surface area (Å²) in [5, 5.41) is 2.70. The summed E-state index contributed by atoms with van der Waals surface area (Å²) < 4.78 is 2.67. The lowest BCUT2D eigenvalue weighted by atomic mass is 9.33. The second-order valence-electron chi connectivity index (χ2n) is 27.1. The van der Waals surface area contributed by atoms with Crippen molar-refractivity contribution in [2.24, 2.45) is 0 Å². The van der Waals surface area contributed by atoms with Gasteiger partial charge in [0.05, 0.1) is 22.6 Å². The summed E-state index contributed by atoms with van der Waals surface area (Å²) in [7, 11) is 0. The Hall–Kier alpha value is -5.78. The van der Waals surface area contributed by atoms with Crippen molar-refractivity contribution in [1.29, 1.82) is 0 Å². The Bertz CT molecular complexity index is 3490. The van der Waals surface area contributed by atoms with Crippen molar-refractivity contribution in [3.05, 3.63) is 160 Å². The van der Waals surface area contributed by atoms with E-state index in [2.05, 4.69) is 247 Å². The summed E-state index contributed by atoms with van der Waals surface area (Å²) >= 11 is 1.93. The number of hydrogen-bond acceptors (Lipinski definition) is 4. The molecule has 0 bridgehead atoms. The summed E-state index contributed by atoms with van der Waals surface area (Å²) in [5.74, 6) is 0. The molecule has 0 radical (unpaired) electrons. The van der Waals surface area contributed by atoms with Crippen LogP contribution in [-0.2, 0) is 27.1 Å². The molecule has 1 saturated carbocycles. The van der Waals surface area contributed by atoms with Crippen LogP contribution >= 0.6 is 11.3 Å². The number of anilines is 8. The van der Waals surface area contributed by atoms with Crippen LogP contribution in [0, 0.1) is 13.8 Å². The molecule has 0 N–H and O–H groups in total. The maximum atomic E-state index is 2.93. The van der Waals surface area contributed by atoms with E-state index in [9.17, 15) is 0 Å². The fraction of sp³-hybridized carbons (Fsp3) is 0.382. The summed E-state index contributed by atoms with van der Waals surface area (Å²) in [6.45, 7) is 38.3. The largest absolute Gasteiger partial charge is 0.335 e. The normalized spacial score (nSPS) is 19.3. The van der Waals surface area contributed by atoms with Crippen LogP contribution in [-0.4, -0.2) is 12.3 Å². The lowest BCUT2D eigenvalue weighted by Crippen LogP contribution is -2.64. The molecule has 1 fully saturated rings. The minimum atomic E-state index is -0.136. The molecule has 1 aliphatic carbocycles.